The Balaban J connectivity index is 5.31. The number of allylic oxidation sites excluding steroid dienone is 2. The van der Waals surface area contributed by atoms with Crippen LogP contribution in [0.4, 0.5) is 0 Å². The number of hydrogen-bond donors (Lipinski definition) is 1. The minimum atomic E-state index is -0.711. The van der Waals surface area contributed by atoms with Gasteiger partial charge >= 0.3 is 5.97 Å². The highest BCUT2D eigenvalue weighted by Crippen LogP contribution is 2.50. The molecule has 1 unspecified atom stereocenters. The van der Waals surface area contributed by atoms with Crippen molar-refractivity contribution in [1.82, 2.24) is 0 Å². The van der Waals surface area contributed by atoms with Crippen LogP contribution in [0.5, 0.6) is 0 Å². The van der Waals surface area contributed by atoms with E-state index in [0.29, 0.717) is 11.8 Å². The molecular formula is C21H40O2. The average Bonchev–Trinajstić information content (AvgIpc) is 2.45. The minimum absolute atomic E-state index is 0.00210. The van der Waals surface area contributed by atoms with Gasteiger partial charge in [0, 0.05) is 0 Å². The predicted octanol–water partition coefficient (Wildman–Crippen LogP) is 6.70. The van der Waals surface area contributed by atoms with Crippen molar-refractivity contribution in [2.24, 2.45) is 21.7 Å². The van der Waals surface area contributed by atoms with Crippen molar-refractivity contribution in [3.63, 3.8) is 0 Å². The van der Waals surface area contributed by atoms with E-state index in [0.717, 1.165) is 12.8 Å². The number of carboxylic acids is 1. The normalized spacial score (nSPS) is 16.6. The van der Waals surface area contributed by atoms with Crippen LogP contribution in [0.2, 0.25) is 0 Å². The van der Waals surface area contributed by atoms with E-state index < -0.39 is 11.4 Å². The van der Waals surface area contributed by atoms with Crippen LogP contribution in [-0.2, 0) is 4.79 Å². The van der Waals surface area contributed by atoms with Crippen LogP contribution in [0.25, 0.3) is 0 Å². The fourth-order valence-corrected chi connectivity index (χ4v) is 3.35. The van der Waals surface area contributed by atoms with E-state index in [1.54, 1.807) is 0 Å². The summed E-state index contributed by atoms with van der Waals surface area (Å²) in [6, 6.07) is 0. The smallest absolute Gasteiger partial charge is 0.309 e. The molecule has 0 saturated carbocycles. The van der Waals surface area contributed by atoms with Crippen molar-refractivity contribution in [3.05, 3.63) is 12.2 Å². The molecule has 136 valence electrons. The van der Waals surface area contributed by atoms with Gasteiger partial charge in [-0.05, 0) is 49.4 Å². The maximum Gasteiger partial charge on any atom is 0.309 e. The lowest BCUT2D eigenvalue weighted by Crippen LogP contribution is -2.39. The van der Waals surface area contributed by atoms with Gasteiger partial charge in [-0.25, -0.2) is 0 Å². The Hall–Kier alpha value is -0.790. The molecule has 0 aromatic rings. The maximum absolute atomic E-state index is 11.5. The summed E-state index contributed by atoms with van der Waals surface area (Å²) in [4.78, 5) is 11.5. The van der Waals surface area contributed by atoms with E-state index in [1.807, 2.05) is 13.8 Å². The highest BCUT2D eigenvalue weighted by Gasteiger charge is 2.43. The van der Waals surface area contributed by atoms with E-state index in [1.165, 1.54) is 12.8 Å². The number of rotatable bonds is 10. The summed E-state index contributed by atoms with van der Waals surface area (Å²) in [5, 5.41) is 9.47. The van der Waals surface area contributed by atoms with Gasteiger partial charge in [0.25, 0.3) is 0 Å². The number of carbonyl (C=O) groups is 1. The highest BCUT2D eigenvalue weighted by molar-refractivity contribution is 5.73. The second-order valence-electron chi connectivity index (χ2n) is 9.14. The molecule has 0 heterocycles. The summed E-state index contributed by atoms with van der Waals surface area (Å²) in [5.41, 5.74) is -0.401. The molecule has 0 aliphatic rings. The molecule has 0 rings (SSSR count). The Morgan fingerprint density at radius 1 is 0.913 bits per heavy atom. The van der Waals surface area contributed by atoms with Gasteiger partial charge in [0.2, 0.25) is 0 Å². The van der Waals surface area contributed by atoms with Gasteiger partial charge < -0.3 is 5.11 Å². The summed E-state index contributed by atoms with van der Waals surface area (Å²) in [5.74, 6) is -0.711. The van der Waals surface area contributed by atoms with Crippen LogP contribution in [0.15, 0.2) is 12.2 Å². The molecule has 2 nitrogen and oxygen atoms in total. The molecule has 0 bridgehead atoms. The Kier molecular flexibility index (Phi) is 7.59. The van der Waals surface area contributed by atoms with Gasteiger partial charge in [-0.1, -0.05) is 73.5 Å². The lowest BCUT2D eigenvalue weighted by molar-refractivity contribution is -0.149. The van der Waals surface area contributed by atoms with Gasteiger partial charge in [-0.15, -0.1) is 0 Å². The largest absolute Gasteiger partial charge is 0.481 e. The standard InChI is InChI=1S/C21H40O2/c1-10-20(8,11-2)14-13-15-21(9,12-3)19(6,7)16-18(4,5)17(22)23/h13,15H,10-12,14,16H2,1-9H3,(H,22,23). The third kappa shape index (κ3) is 5.65. The van der Waals surface area contributed by atoms with Gasteiger partial charge in [0.05, 0.1) is 5.41 Å². The molecule has 1 atom stereocenters. The molecule has 0 aromatic heterocycles. The second kappa shape index (κ2) is 7.85. The molecule has 0 saturated heterocycles. The lowest BCUT2D eigenvalue weighted by Gasteiger charge is -2.45. The van der Waals surface area contributed by atoms with Crippen molar-refractivity contribution in [2.45, 2.75) is 94.4 Å². The van der Waals surface area contributed by atoms with Gasteiger partial charge in [0.1, 0.15) is 0 Å². The lowest BCUT2D eigenvalue weighted by atomic mass is 9.59. The molecule has 0 amide bonds. The zero-order valence-electron chi connectivity index (χ0n) is 17.0. The van der Waals surface area contributed by atoms with Crippen LogP contribution >= 0.6 is 0 Å². The zero-order valence-corrected chi connectivity index (χ0v) is 17.0. The summed E-state index contributed by atoms with van der Waals surface area (Å²) in [7, 11) is 0. The molecule has 0 radical (unpaired) electrons. The summed E-state index contributed by atoms with van der Waals surface area (Å²) in [6.07, 6.45) is 9.84. The fourth-order valence-electron chi connectivity index (χ4n) is 3.35. The molecule has 1 N–H and O–H groups in total. The van der Waals surface area contributed by atoms with Crippen LogP contribution < -0.4 is 0 Å². The first-order chi connectivity index (χ1) is 10.3. The topological polar surface area (TPSA) is 37.3 Å². The number of carboxylic acid groups (broad SMARTS) is 1. The van der Waals surface area contributed by atoms with Crippen molar-refractivity contribution >= 4 is 5.97 Å². The first-order valence-corrected chi connectivity index (χ1v) is 9.20. The third-order valence-corrected chi connectivity index (χ3v) is 6.55. The Bertz CT molecular complexity index is 414. The van der Waals surface area contributed by atoms with Crippen LogP contribution in [-0.4, -0.2) is 11.1 Å². The third-order valence-electron chi connectivity index (χ3n) is 6.55. The molecule has 0 spiro atoms. The van der Waals surface area contributed by atoms with Crippen molar-refractivity contribution in [3.8, 4) is 0 Å². The first-order valence-electron chi connectivity index (χ1n) is 9.20. The van der Waals surface area contributed by atoms with E-state index in [4.69, 9.17) is 0 Å². The maximum atomic E-state index is 11.5. The van der Waals surface area contributed by atoms with E-state index in [9.17, 15) is 9.90 Å². The minimum Gasteiger partial charge on any atom is -0.481 e. The van der Waals surface area contributed by atoms with Gasteiger partial charge in [-0.2, -0.15) is 0 Å². The van der Waals surface area contributed by atoms with Gasteiger partial charge in [0.15, 0.2) is 0 Å². The Morgan fingerprint density at radius 3 is 1.74 bits per heavy atom. The van der Waals surface area contributed by atoms with Crippen molar-refractivity contribution in [2.75, 3.05) is 0 Å². The van der Waals surface area contributed by atoms with Crippen LogP contribution in [0, 0.1) is 21.7 Å². The average molecular weight is 325 g/mol. The van der Waals surface area contributed by atoms with E-state index >= 15 is 0 Å². The zero-order chi connectivity index (χ0) is 18.5. The molecule has 0 aromatic carbocycles. The SMILES string of the molecule is CCC(C)(CC)CC=CC(C)(CC)C(C)(C)CC(C)(C)C(=O)O. The molecule has 0 fully saturated rings. The van der Waals surface area contributed by atoms with Crippen molar-refractivity contribution < 1.29 is 9.90 Å². The van der Waals surface area contributed by atoms with Crippen molar-refractivity contribution in [1.29, 1.82) is 0 Å². The van der Waals surface area contributed by atoms with Crippen LogP contribution in [0.3, 0.4) is 0 Å². The fraction of sp³-hybridized carbons (Fsp3) is 0.857. The second-order valence-corrected chi connectivity index (χ2v) is 9.14. The predicted molar refractivity (Wildman–Crippen MR) is 101 cm³/mol. The van der Waals surface area contributed by atoms with E-state index in [2.05, 4.69) is 60.6 Å². The number of aliphatic carboxylic acids is 1. The van der Waals surface area contributed by atoms with Crippen LogP contribution in [0.1, 0.15) is 94.4 Å². The summed E-state index contributed by atoms with van der Waals surface area (Å²) in [6.45, 7) is 19.4. The molecule has 2 heteroatoms. The van der Waals surface area contributed by atoms with E-state index in [-0.39, 0.29) is 10.8 Å². The summed E-state index contributed by atoms with van der Waals surface area (Å²) >= 11 is 0. The molecular weight excluding hydrogens is 284 g/mol. The summed E-state index contributed by atoms with van der Waals surface area (Å²) < 4.78 is 0. The Labute approximate surface area is 144 Å². The van der Waals surface area contributed by atoms with Gasteiger partial charge in [-0.3, -0.25) is 4.79 Å². The molecule has 0 aliphatic carbocycles. The monoisotopic (exact) mass is 324 g/mol. The highest BCUT2D eigenvalue weighted by atomic mass is 16.4. The number of hydrogen-bond acceptors (Lipinski definition) is 1. The Morgan fingerprint density at radius 2 is 1.39 bits per heavy atom. The first kappa shape index (κ1) is 22.2. The quantitative estimate of drug-likeness (QED) is 0.454. The molecule has 0 aliphatic heterocycles. The molecule has 23 heavy (non-hydrogen) atoms.